The minimum atomic E-state index is -0.550. The van der Waals surface area contributed by atoms with Crippen molar-refractivity contribution in [3.05, 3.63) is 20.8 Å². The van der Waals surface area contributed by atoms with E-state index in [2.05, 4.69) is 21.2 Å². The maximum absolute atomic E-state index is 11.6. The van der Waals surface area contributed by atoms with E-state index in [9.17, 15) is 4.79 Å². The van der Waals surface area contributed by atoms with E-state index in [1.54, 1.807) is 25.2 Å². The summed E-state index contributed by atoms with van der Waals surface area (Å²) in [4.78, 5) is 12.6. The Morgan fingerprint density at radius 1 is 1.60 bits per heavy atom. The predicted molar refractivity (Wildman–Crippen MR) is 65.0 cm³/mol. The Balaban J connectivity index is 2.50. The van der Waals surface area contributed by atoms with Crippen LogP contribution in [0.3, 0.4) is 0 Å². The first-order valence-corrected chi connectivity index (χ1v) is 6.20. The third-order valence-corrected chi connectivity index (χ3v) is 3.46. The third-order valence-electron chi connectivity index (χ3n) is 1.84. The van der Waals surface area contributed by atoms with Gasteiger partial charge in [-0.1, -0.05) is 0 Å². The molecule has 0 fully saturated rings. The van der Waals surface area contributed by atoms with Gasteiger partial charge in [0.2, 0.25) is 5.91 Å². The molecular formula is C10H14BrNO2S. The summed E-state index contributed by atoms with van der Waals surface area (Å²) in [6, 6.07) is 3.84. The second-order valence-electron chi connectivity index (χ2n) is 3.97. The van der Waals surface area contributed by atoms with Crippen molar-refractivity contribution in [2.45, 2.75) is 25.8 Å². The van der Waals surface area contributed by atoms with E-state index in [1.807, 2.05) is 12.1 Å². The van der Waals surface area contributed by atoms with E-state index in [1.165, 1.54) is 0 Å². The molecule has 3 nitrogen and oxygen atoms in total. The minimum absolute atomic E-state index is 0.0626. The SMILES string of the molecule is CC(C)(CO)NC(=O)Cc1ccc(Br)s1. The fourth-order valence-corrected chi connectivity index (χ4v) is 2.55. The van der Waals surface area contributed by atoms with Gasteiger partial charge in [0.15, 0.2) is 0 Å². The van der Waals surface area contributed by atoms with Gasteiger partial charge in [-0.15, -0.1) is 11.3 Å². The second kappa shape index (κ2) is 5.09. The van der Waals surface area contributed by atoms with Crippen LogP contribution in [-0.2, 0) is 11.2 Å². The number of thiophene rings is 1. The first kappa shape index (κ1) is 12.7. The van der Waals surface area contributed by atoms with Crippen molar-refractivity contribution >= 4 is 33.2 Å². The normalized spacial score (nSPS) is 11.5. The summed E-state index contributed by atoms with van der Waals surface area (Å²) in [6.45, 7) is 3.51. The zero-order chi connectivity index (χ0) is 11.5. The van der Waals surface area contributed by atoms with E-state index >= 15 is 0 Å². The zero-order valence-electron chi connectivity index (χ0n) is 8.71. The molecule has 0 atom stereocenters. The number of hydrogen-bond donors (Lipinski definition) is 2. The van der Waals surface area contributed by atoms with Crippen LogP contribution in [-0.4, -0.2) is 23.2 Å². The van der Waals surface area contributed by atoms with E-state index in [-0.39, 0.29) is 12.5 Å². The number of carbonyl (C=O) groups is 1. The average molecular weight is 292 g/mol. The van der Waals surface area contributed by atoms with Gasteiger partial charge in [0.1, 0.15) is 0 Å². The van der Waals surface area contributed by atoms with Crippen LogP contribution in [0.1, 0.15) is 18.7 Å². The van der Waals surface area contributed by atoms with Crippen molar-refractivity contribution < 1.29 is 9.90 Å². The van der Waals surface area contributed by atoms with Gasteiger partial charge in [-0.3, -0.25) is 4.79 Å². The van der Waals surface area contributed by atoms with Gasteiger partial charge in [-0.25, -0.2) is 0 Å². The van der Waals surface area contributed by atoms with E-state index in [0.717, 1.165) is 8.66 Å². The Morgan fingerprint density at radius 3 is 2.73 bits per heavy atom. The molecule has 0 saturated heterocycles. The largest absolute Gasteiger partial charge is 0.394 e. The summed E-state index contributed by atoms with van der Waals surface area (Å²) >= 11 is 4.89. The fraction of sp³-hybridized carbons (Fsp3) is 0.500. The Kier molecular flexibility index (Phi) is 4.31. The summed E-state index contributed by atoms with van der Waals surface area (Å²) < 4.78 is 1.02. The zero-order valence-corrected chi connectivity index (χ0v) is 11.1. The molecule has 1 aromatic heterocycles. The van der Waals surface area contributed by atoms with Crippen LogP contribution < -0.4 is 5.32 Å². The van der Waals surface area contributed by atoms with Gasteiger partial charge in [-0.05, 0) is 41.9 Å². The summed E-state index contributed by atoms with van der Waals surface area (Å²) in [5.74, 6) is -0.0663. The van der Waals surface area contributed by atoms with Crippen molar-refractivity contribution in [1.82, 2.24) is 5.32 Å². The Labute approximate surface area is 102 Å². The highest BCUT2D eigenvalue weighted by Crippen LogP contribution is 2.22. The standard InChI is InChI=1S/C10H14BrNO2S/c1-10(2,6-13)12-9(14)5-7-3-4-8(11)15-7/h3-4,13H,5-6H2,1-2H3,(H,12,14). The number of aliphatic hydroxyl groups is 1. The first-order valence-electron chi connectivity index (χ1n) is 4.59. The van der Waals surface area contributed by atoms with Gasteiger partial charge in [-0.2, -0.15) is 0 Å². The predicted octanol–water partition coefficient (Wildman–Crippen LogP) is 1.94. The lowest BCUT2D eigenvalue weighted by atomic mass is 10.1. The molecule has 0 aromatic carbocycles. The molecule has 5 heteroatoms. The molecule has 0 unspecified atom stereocenters. The molecule has 0 spiro atoms. The highest BCUT2D eigenvalue weighted by molar-refractivity contribution is 9.11. The van der Waals surface area contributed by atoms with Crippen LogP contribution in [0.25, 0.3) is 0 Å². The maximum atomic E-state index is 11.6. The number of rotatable bonds is 4. The van der Waals surface area contributed by atoms with Crippen molar-refractivity contribution in [2.24, 2.45) is 0 Å². The van der Waals surface area contributed by atoms with E-state index in [0.29, 0.717) is 6.42 Å². The minimum Gasteiger partial charge on any atom is -0.394 e. The molecule has 0 aliphatic carbocycles. The molecular weight excluding hydrogens is 278 g/mol. The third kappa shape index (κ3) is 4.32. The van der Waals surface area contributed by atoms with Crippen molar-refractivity contribution in [1.29, 1.82) is 0 Å². The Morgan fingerprint density at radius 2 is 2.27 bits per heavy atom. The van der Waals surface area contributed by atoms with E-state index in [4.69, 9.17) is 5.11 Å². The molecule has 0 aliphatic heterocycles. The number of amides is 1. The van der Waals surface area contributed by atoms with Crippen LogP contribution >= 0.6 is 27.3 Å². The van der Waals surface area contributed by atoms with Crippen molar-refractivity contribution in [2.75, 3.05) is 6.61 Å². The van der Waals surface area contributed by atoms with Crippen LogP contribution in [0, 0.1) is 0 Å². The van der Waals surface area contributed by atoms with Crippen LogP contribution in [0.15, 0.2) is 15.9 Å². The lowest BCUT2D eigenvalue weighted by Crippen LogP contribution is -2.46. The van der Waals surface area contributed by atoms with Crippen molar-refractivity contribution in [3.8, 4) is 0 Å². The summed E-state index contributed by atoms with van der Waals surface area (Å²) in [5, 5.41) is 11.8. The van der Waals surface area contributed by atoms with Gasteiger partial charge in [0.25, 0.3) is 0 Å². The smallest absolute Gasteiger partial charge is 0.225 e. The van der Waals surface area contributed by atoms with E-state index < -0.39 is 5.54 Å². The molecule has 2 N–H and O–H groups in total. The summed E-state index contributed by atoms with van der Waals surface area (Å²) in [6.07, 6.45) is 0.361. The molecule has 0 bridgehead atoms. The number of aliphatic hydroxyl groups excluding tert-OH is 1. The van der Waals surface area contributed by atoms with Gasteiger partial charge in [0, 0.05) is 4.88 Å². The van der Waals surface area contributed by atoms with Crippen LogP contribution in [0.4, 0.5) is 0 Å². The van der Waals surface area contributed by atoms with Crippen molar-refractivity contribution in [3.63, 3.8) is 0 Å². The highest BCUT2D eigenvalue weighted by Gasteiger charge is 2.19. The van der Waals surface area contributed by atoms with Crippen LogP contribution in [0.5, 0.6) is 0 Å². The number of nitrogens with one attached hydrogen (secondary N) is 1. The maximum Gasteiger partial charge on any atom is 0.225 e. The monoisotopic (exact) mass is 291 g/mol. The summed E-state index contributed by atoms with van der Waals surface area (Å²) in [7, 11) is 0. The molecule has 1 rings (SSSR count). The number of halogens is 1. The molecule has 0 radical (unpaired) electrons. The Hall–Kier alpha value is -0.390. The molecule has 84 valence electrons. The number of carbonyl (C=O) groups excluding carboxylic acids is 1. The molecule has 15 heavy (non-hydrogen) atoms. The average Bonchev–Trinajstić information content (AvgIpc) is 2.50. The molecule has 1 heterocycles. The molecule has 1 amide bonds. The highest BCUT2D eigenvalue weighted by atomic mass is 79.9. The van der Waals surface area contributed by atoms with Gasteiger partial charge in [0.05, 0.1) is 22.4 Å². The Bertz CT molecular complexity index is 349. The van der Waals surface area contributed by atoms with Crippen LogP contribution in [0.2, 0.25) is 0 Å². The topological polar surface area (TPSA) is 49.3 Å². The molecule has 0 saturated carbocycles. The first-order chi connectivity index (χ1) is 6.93. The molecule has 1 aromatic rings. The second-order valence-corrected chi connectivity index (χ2v) is 6.52. The number of hydrogen-bond acceptors (Lipinski definition) is 3. The fourth-order valence-electron chi connectivity index (χ4n) is 1.07. The molecule has 0 aliphatic rings. The van der Waals surface area contributed by atoms with Gasteiger partial charge >= 0.3 is 0 Å². The lowest BCUT2D eigenvalue weighted by molar-refractivity contribution is -0.122. The quantitative estimate of drug-likeness (QED) is 0.891. The summed E-state index contributed by atoms with van der Waals surface area (Å²) in [5.41, 5.74) is -0.550. The lowest BCUT2D eigenvalue weighted by Gasteiger charge is -2.23. The van der Waals surface area contributed by atoms with Gasteiger partial charge < -0.3 is 10.4 Å².